The predicted molar refractivity (Wildman–Crippen MR) is 77.0 cm³/mol. The van der Waals surface area contributed by atoms with Gasteiger partial charge in [-0.05, 0) is 29.5 Å². The minimum absolute atomic E-state index is 0.485. The van der Waals surface area contributed by atoms with Gasteiger partial charge in [0.25, 0.3) is 0 Å². The molecule has 1 aromatic carbocycles. The molecule has 0 aliphatic heterocycles. The number of nitrogens with one attached hydrogen (secondary N) is 1. The van der Waals surface area contributed by atoms with Crippen molar-refractivity contribution < 1.29 is 0 Å². The third kappa shape index (κ3) is 1.73. The first-order valence-electron chi connectivity index (χ1n) is 5.62. The summed E-state index contributed by atoms with van der Waals surface area (Å²) in [7, 11) is 0. The SMILES string of the molecule is Cc1csc(-c2nc3c(CN)cccc3[nH]2)c1Cl. The molecule has 5 heteroatoms. The van der Waals surface area contributed by atoms with Gasteiger partial charge in [-0.2, -0.15) is 0 Å². The third-order valence-electron chi connectivity index (χ3n) is 2.93. The second-order valence-corrected chi connectivity index (χ2v) is 5.42. The predicted octanol–water partition coefficient (Wildman–Crippen LogP) is 3.71. The summed E-state index contributed by atoms with van der Waals surface area (Å²) in [5.41, 5.74) is 9.76. The van der Waals surface area contributed by atoms with Crippen LogP contribution in [-0.2, 0) is 6.54 Å². The molecule has 0 radical (unpaired) electrons. The second kappa shape index (κ2) is 4.39. The lowest BCUT2D eigenvalue weighted by Crippen LogP contribution is -1.96. The van der Waals surface area contributed by atoms with Gasteiger partial charge in [0.2, 0.25) is 0 Å². The molecule has 0 atom stereocenters. The highest BCUT2D eigenvalue weighted by Gasteiger charge is 2.13. The number of nitrogens with two attached hydrogens (primary N) is 1. The molecular weight excluding hydrogens is 266 g/mol. The first-order valence-corrected chi connectivity index (χ1v) is 6.88. The molecule has 18 heavy (non-hydrogen) atoms. The summed E-state index contributed by atoms with van der Waals surface area (Å²) in [5, 5.41) is 2.81. The largest absolute Gasteiger partial charge is 0.337 e. The number of fused-ring (bicyclic) bond motifs is 1. The van der Waals surface area contributed by atoms with E-state index in [1.165, 1.54) is 0 Å². The van der Waals surface area contributed by atoms with Crippen molar-refractivity contribution in [2.24, 2.45) is 5.73 Å². The van der Waals surface area contributed by atoms with Crippen LogP contribution in [0.4, 0.5) is 0 Å². The Morgan fingerprint density at radius 3 is 2.94 bits per heavy atom. The van der Waals surface area contributed by atoms with Crippen molar-refractivity contribution >= 4 is 34.0 Å². The molecule has 0 spiro atoms. The van der Waals surface area contributed by atoms with Crippen LogP contribution in [0, 0.1) is 6.92 Å². The summed E-state index contributed by atoms with van der Waals surface area (Å²) in [6, 6.07) is 5.97. The highest BCUT2D eigenvalue weighted by atomic mass is 35.5. The van der Waals surface area contributed by atoms with E-state index in [1.807, 2.05) is 30.5 Å². The van der Waals surface area contributed by atoms with E-state index in [0.29, 0.717) is 6.54 Å². The maximum absolute atomic E-state index is 6.27. The minimum Gasteiger partial charge on any atom is -0.337 e. The van der Waals surface area contributed by atoms with Gasteiger partial charge in [-0.1, -0.05) is 23.7 Å². The van der Waals surface area contributed by atoms with Gasteiger partial charge in [0.05, 0.1) is 20.9 Å². The zero-order valence-corrected chi connectivity index (χ0v) is 11.4. The lowest BCUT2D eigenvalue weighted by atomic mass is 10.2. The van der Waals surface area contributed by atoms with E-state index in [-0.39, 0.29) is 0 Å². The number of halogens is 1. The summed E-state index contributed by atoms with van der Waals surface area (Å²) in [6.07, 6.45) is 0. The number of para-hydroxylation sites is 1. The quantitative estimate of drug-likeness (QED) is 0.750. The summed E-state index contributed by atoms with van der Waals surface area (Å²) >= 11 is 7.87. The van der Waals surface area contributed by atoms with Gasteiger partial charge in [0.1, 0.15) is 5.82 Å². The molecule has 0 saturated carbocycles. The van der Waals surface area contributed by atoms with Crippen LogP contribution < -0.4 is 5.73 Å². The Morgan fingerprint density at radius 2 is 2.28 bits per heavy atom. The second-order valence-electron chi connectivity index (χ2n) is 4.16. The standard InChI is InChI=1S/C13H12ClN3S/c1-7-6-18-12(10(7)14)13-16-9-4-2-3-8(5-15)11(9)17-13/h2-4,6H,5,15H2,1H3,(H,16,17). The smallest absolute Gasteiger partial charge is 0.150 e. The molecule has 0 unspecified atom stereocenters. The molecule has 3 aromatic rings. The van der Waals surface area contributed by atoms with E-state index in [4.69, 9.17) is 17.3 Å². The van der Waals surface area contributed by atoms with Gasteiger partial charge >= 0.3 is 0 Å². The zero-order valence-electron chi connectivity index (χ0n) is 9.83. The molecule has 3 nitrogen and oxygen atoms in total. The fraction of sp³-hybridized carbons (Fsp3) is 0.154. The van der Waals surface area contributed by atoms with Crippen LogP contribution in [-0.4, -0.2) is 9.97 Å². The van der Waals surface area contributed by atoms with Crippen molar-refractivity contribution in [1.82, 2.24) is 9.97 Å². The van der Waals surface area contributed by atoms with Crippen molar-refractivity contribution in [3.05, 3.63) is 39.7 Å². The van der Waals surface area contributed by atoms with E-state index in [9.17, 15) is 0 Å². The van der Waals surface area contributed by atoms with E-state index >= 15 is 0 Å². The maximum atomic E-state index is 6.27. The van der Waals surface area contributed by atoms with Crippen LogP contribution in [0.3, 0.4) is 0 Å². The average molecular weight is 278 g/mol. The number of imidazole rings is 1. The van der Waals surface area contributed by atoms with Crippen LogP contribution in [0.25, 0.3) is 21.7 Å². The number of aryl methyl sites for hydroxylation is 1. The van der Waals surface area contributed by atoms with E-state index in [0.717, 1.165) is 37.9 Å². The Bertz CT molecular complexity index is 714. The number of hydrogen-bond donors (Lipinski definition) is 2. The van der Waals surface area contributed by atoms with Crippen LogP contribution in [0.15, 0.2) is 23.6 Å². The molecule has 3 N–H and O–H groups in total. The first-order chi connectivity index (χ1) is 8.70. The van der Waals surface area contributed by atoms with Gasteiger partial charge in [0, 0.05) is 6.54 Å². The molecule has 0 amide bonds. The number of aromatic amines is 1. The monoisotopic (exact) mass is 277 g/mol. The van der Waals surface area contributed by atoms with Gasteiger partial charge in [-0.25, -0.2) is 4.98 Å². The molecule has 3 rings (SSSR count). The number of rotatable bonds is 2. The first kappa shape index (κ1) is 11.7. The van der Waals surface area contributed by atoms with Crippen LogP contribution >= 0.6 is 22.9 Å². The zero-order chi connectivity index (χ0) is 12.7. The lowest BCUT2D eigenvalue weighted by molar-refractivity contribution is 1.08. The highest BCUT2D eigenvalue weighted by molar-refractivity contribution is 7.14. The summed E-state index contributed by atoms with van der Waals surface area (Å²) in [5.74, 6) is 0.814. The molecule has 0 bridgehead atoms. The van der Waals surface area contributed by atoms with E-state index in [2.05, 4.69) is 9.97 Å². The number of H-pyrrole nitrogens is 1. The van der Waals surface area contributed by atoms with Gasteiger partial charge in [0.15, 0.2) is 0 Å². The van der Waals surface area contributed by atoms with Crippen LogP contribution in [0.1, 0.15) is 11.1 Å². The normalized spacial score (nSPS) is 11.3. The highest BCUT2D eigenvalue weighted by Crippen LogP contribution is 2.35. The van der Waals surface area contributed by atoms with Crippen molar-refractivity contribution in [3.63, 3.8) is 0 Å². The Labute approximate surface area is 114 Å². The lowest BCUT2D eigenvalue weighted by Gasteiger charge is -1.95. The molecule has 0 aliphatic carbocycles. The van der Waals surface area contributed by atoms with Crippen molar-refractivity contribution in [2.45, 2.75) is 13.5 Å². The molecule has 0 aliphatic rings. The molecule has 0 fully saturated rings. The summed E-state index contributed by atoms with van der Waals surface area (Å²) in [6.45, 7) is 2.48. The van der Waals surface area contributed by atoms with Crippen molar-refractivity contribution in [3.8, 4) is 10.7 Å². The third-order valence-corrected chi connectivity index (χ3v) is 4.63. The fourth-order valence-electron chi connectivity index (χ4n) is 1.95. The number of nitrogens with zero attached hydrogens (tertiary/aromatic N) is 1. The summed E-state index contributed by atoms with van der Waals surface area (Å²) < 4.78 is 0. The topological polar surface area (TPSA) is 54.7 Å². The number of hydrogen-bond acceptors (Lipinski definition) is 3. The fourth-order valence-corrected chi connectivity index (χ4v) is 3.18. The van der Waals surface area contributed by atoms with Crippen LogP contribution in [0.2, 0.25) is 5.02 Å². The van der Waals surface area contributed by atoms with Gasteiger partial charge in [-0.15, -0.1) is 11.3 Å². The minimum atomic E-state index is 0.485. The number of benzene rings is 1. The van der Waals surface area contributed by atoms with Gasteiger partial charge in [-0.3, -0.25) is 0 Å². The molecular formula is C13H12ClN3S. The Kier molecular flexibility index (Phi) is 2.86. The van der Waals surface area contributed by atoms with E-state index in [1.54, 1.807) is 11.3 Å². The summed E-state index contributed by atoms with van der Waals surface area (Å²) in [4.78, 5) is 8.90. The molecule has 0 saturated heterocycles. The van der Waals surface area contributed by atoms with E-state index < -0.39 is 0 Å². The number of thiophene rings is 1. The molecule has 2 aromatic heterocycles. The maximum Gasteiger partial charge on any atom is 0.150 e. The van der Waals surface area contributed by atoms with Crippen LogP contribution in [0.5, 0.6) is 0 Å². The molecule has 2 heterocycles. The Morgan fingerprint density at radius 1 is 1.44 bits per heavy atom. The van der Waals surface area contributed by atoms with Gasteiger partial charge < -0.3 is 10.7 Å². The van der Waals surface area contributed by atoms with Crippen molar-refractivity contribution in [2.75, 3.05) is 0 Å². The van der Waals surface area contributed by atoms with Crippen molar-refractivity contribution in [1.29, 1.82) is 0 Å². The molecule has 92 valence electrons. The Balaban J connectivity index is 2.22. The Hall–Kier alpha value is -1.36. The average Bonchev–Trinajstić information content (AvgIpc) is 2.94. The number of aromatic nitrogens is 2.